The topological polar surface area (TPSA) is 329 Å². The van der Waals surface area contributed by atoms with Crippen molar-refractivity contribution >= 4 is 114 Å². The molecule has 33 heteroatoms. The number of amidine groups is 1. The normalized spacial score (nSPS) is 12.5. The molecular weight excluding hydrogens is 1660 g/mol. The Morgan fingerprint density at radius 1 is 0.350 bits per heavy atom. The van der Waals surface area contributed by atoms with Gasteiger partial charge in [0, 0.05) is 33.4 Å². The van der Waals surface area contributed by atoms with Gasteiger partial charge >= 0.3 is 56.8 Å². The number of nitrogens with zero attached hydrogens (tertiary/aromatic N) is 6. The number of fused-ring (bicyclic) bond motifs is 1. The number of halogens is 3. The van der Waals surface area contributed by atoms with Crippen LogP contribution in [0.3, 0.4) is 0 Å². The van der Waals surface area contributed by atoms with Crippen LogP contribution in [0.2, 0.25) is 0 Å². The summed E-state index contributed by atoms with van der Waals surface area (Å²) in [5.41, 5.74) is 2.69. The van der Waals surface area contributed by atoms with Gasteiger partial charge in [0.05, 0.1) is 27.7 Å². The Hall–Kier alpha value is -12.9. The monoisotopic (exact) mass is 1740 g/mol. The van der Waals surface area contributed by atoms with Crippen LogP contribution in [0.5, 0.6) is 0 Å². The minimum atomic E-state index is -4.65. The van der Waals surface area contributed by atoms with Gasteiger partial charge in [0.1, 0.15) is 49.6 Å². The molecule has 0 heterocycles. The maximum Gasteiger partial charge on any atom is 0.416 e. The lowest BCUT2D eigenvalue weighted by Crippen LogP contribution is -2.32. The van der Waals surface area contributed by atoms with E-state index in [1.165, 1.54) is 89.5 Å². The number of carbonyl (C=O) groups is 1. The van der Waals surface area contributed by atoms with Gasteiger partial charge in [-0.15, -0.1) is 0 Å². The molecule has 12 rings (SSSR count). The lowest BCUT2D eigenvalue weighted by Gasteiger charge is -2.12. The summed E-state index contributed by atoms with van der Waals surface area (Å²) in [5, 5.41) is 27.9. The fraction of sp³-hybridized carbons (Fsp3) is 0.115. The molecule has 1 amide bonds. The van der Waals surface area contributed by atoms with Crippen LogP contribution < -0.4 is 5.32 Å². The lowest BCUT2D eigenvalue weighted by atomic mass is 10.0. The Labute approximate surface area is 698 Å². The Kier molecular flexibility index (Phi) is 33.8. The van der Waals surface area contributed by atoms with Crippen molar-refractivity contribution in [1.29, 1.82) is 0 Å². The number of alkyl halides is 3. The Morgan fingerprint density at radius 2 is 0.658 bits per heavy atom. The van der Waals surface area contributed by atoms with E-state index < -0.39 is 74.1 Å². The highest BCUT2D eigenvalue weighted by Gasteiger charge is 2.32. The van der Waals surface area contributed by atoms with E-state index in [2.05, 4.69) is 58.7 Å². The quantitative estimate of drug-likeness (QED) is 0.0182. The minimum Gasteiger partial charge on any atom is -0.317 e. The summed E-state index contributed by atoms with van der Waals surface area (Å²) < 4.78 is 194. The average molecular weight is 1740 g/mol. The molecule has 0 aromatic heterocycles. The number of benzene rings is 12. The number of amides is 1. The molecule has 0 spiro atoms. The van der Waals surface area contributed by atoms with E-state index in [9.17, 15) is 60.1 Å². The van der Waals surface area contributed by atoms with Crippen LogP contribution in [0.15, 0.2) is 390 Å². The molecule has 0 bridgehead atoms. The van der Waals surface area contributed by atoms with E-state index in [1.807, 2.05) is 75.4 Å². The molecule has 0 atom stereocenters. The van der Waals surface area contributed by atoms with Crippen LogP contribution in [0.1, 0.15) is 95.8 Å². The zero-order valence-corrected chi connectivity index (χ0v) is 69.2. The van der Waals surface area contributed by atoms with Crippen LogP contribution in [-0.2, 0) is 82.5 Å². The molecule has 24 nitrogen and oxygen atoms in total. The molecule has 0 aliphatic carbocycles. The molecule has 12 aromatic carbocycles. The summed E-state index contributed by atoms with van der Waals surface area (Å²) in [6.45, 7) is 5.67. The molecule has 0 radical (unpaired) electrons. The van der Waals surface area contributed by atoms with Gasteiger partial charge in [-0.05, 0) is 108 Å². The maximum absolute atomic E-state index is 13.1. The number of rotatable bonds is 31. The zero-order chi connectivity index (χ0) is 85.9. The fourth-order valence-electron chi connectivity index (χ4n) is 10.2. The summed E-state index contributed by atoms with van der Waals surface area (Å²) in [4.78, 5) is 13.2. The van der Waals surface area contributed by atoms with Gasteiger partial charge in [-0.2, -0.15) is 55.3 Å². The second-order valence-corrected chi connectivity index (χ2v) is 33.8. The van der Waals surface area contributed by atoms with E-state index in [-0.39, 0.29) is 60.2 Å². The van der Waals surface area contributed by atoms with Crippen LogP contribution in [0.4, 0.5) is 13.2 Å². The Bertz CT molecular complexity index is 5930. The van der Waals surface area contributed by atoms with E-state index >= 15 is 0 Å². The third-order valence-electron chi connectivity index (χ3n) is 16.4. The van der Waals surface area contributed by atoms with Gasteiger partial charge in [-0.1, -0.05) is 325 Å². The molecule has 620 valence electrons. The van der Waals surface area contributed by atoms with Crippen LogP contribution in [-0.4, -0.2) is 93.9 Å². The average Bonchev–Trinajstić information content (AvgIpc) is 0.802. The molecule has 1 N–H and O–H groups in total. The smallest absolute Gasteiger partial charge is 0.317 e. The number of hydrogen-bond donors (Lipinski definition) is 1. The third-order valence-corrected chi connectivity index (χ3v) is 22.6. The molecule has 0 aliphatic rings. The molecule has 120 heavy (non-hydrogen) atoms. The first-order chi connectivity index (χ1) is 57.7. The number of nitrogens with one attached hydrogen (secondary N) is 1. The van der Waals surface area contributed by atoms with E-state index in [1.54, 1.807) is 182 Å². The van der Waals surface area contributed by atoms with Crippen molar-refractivity contribution in [2.75, 3.05) is 11.5 Å². The van der Waals surface area contributed by atoms with Crippen molar-refractivity contribution < 1.29 is 85.8 Å². The summed E-state index contributed by atoms with van der Waals surface area (Å²) in [5.74, 6) is -1.58. The maximum atomic E-state index is 13.1. The molecule has 12 aromatic rings. The molecule has 0 saturated carbocycles. The molecular formula is C87H78F3N7O17S6. The predicted octanol–water partition coefficient (Wildman–Crippen LogP) is 18.2. The molecule has 0 fully saturated rings. The number of oxime groups is 6. The van der Waals surface area contributed by atoms with E-state index in [0.29, 0.717) is 47.9 Å². The lowest BCUT2D eigenvalue weighted by molar-refractivity contribution is -0.137. The van der Waals surface area contributed by atoms with Gasteiger partial charge < -0.3 is 9.60 Å². The summed E-state index contributed by atoms with van der Waals surface area (Å²) >= 11 is 1.29. The number of carbonyl (C=O) groups excluding carboxylic acids is 1. The first-order valence-electron chi connectivity index (χ1n) is 36.5. The Morgan fingerprint density at radius 3 is 1.03 bits per heavy atom. The summed E-state index contributed by atoms with van der Waals surface area (Å²) in [6, 6.07) is 92.4. The largest absolute Gasteiger partial charge is 0.416 e. The summed E-state index contributed by atoms with van der Waals surface area (Å²) in [6.07, 6.45) is -2.44. The first-order valence-corrected chi connectivity index (χ1v) is 44.6. The minimum absolute atomic E-state index is 0.0302. The van der Waals surface area contributed by atoms with Gasteiger partial charge in [0.15, 0.2) is 5.84 Å². The van der Waals surface area contributed by atoms with Crippen molar-refractivity contribution in [3.8, 4) is 0 Å². The van der Waals surface area contributed by atoms with Crippen LogP contribution in [0, 0.1) is 0 Å². The van der Waals surface area contributed by atoms with Crippen molar-refractivity contribution in [3.63, 3.8) is 0 Å². The van der Waals surface area contributed by atoms with Crippen molar-refractivity contribution in [2.24, 2.45) is 30.9 Å². The Balaban J connectivity index is 0.000000185. The summed E-state index contributed by atoms with van der Waals surface area (Å²) in [7, 11) is -20.7. The van der Waals surface area contributed by atoms with Gasteiger partial charge in [-0.25, -0.2) is 0 Å². The second kappa shape index (κ2) is 44.6. The predicted molar refractivity (Wildman–Crippen MR) is 457 cm³/mol. The van der Waals surface area contributed by atoms with E-state index in [0.717, 1.165) is 34.4 Å². The van der Waals surface area contributed by atoms with Crippen molar-refractivity contribution in [1.82, 2.24) is 5.32 Å². The van der Waals surface area contributed by atoms with Crippen molar-refractivity contribution in [2.45, 2.75) is 72.2 Å². The van der Waals surface area contributed by atoms with Crippen molar-refractivity contribution in [3.05, 3.63) is 384 Å². The van der Waals surface area contributed by atoms with Crippen LogP contribution >= 0.6 is 12.0 Å². The van der Waals surface area contributed by atoms with Gasteiger partial charge in [0.25, 0.3) is 5.91 Å². The van der Waals surface area contributed by atoms with Crippen LogP contribution in [0.25, 0.3) is 10.8 Å². The zero-order valence-electron chi connectivity index (χ0n) is 64.3. The molecule has 0 unspecified atom stereocenters. The number of hydrogen-bond acceptors (Lipinski definition) is 24. The van der Waals surface area contributed by atoms with Gasteiger partial charge in [-0.3, -0.25) is 26.2 Å². The number of unbranched alkanes of at least 4 members (excludes halogenated alkanes) is 2. The SMILES string of the molecule is C/C(=N\OSc1cccc2ccccc12)c1ccccc1.CCCCS(=O)(=O)O/N=C(\C(=N/OS(=O)(=O)CCCC)c1ccccc1)c1ccccc1.O=C(N/C(=N\OS(=O)(=O)c1ccccc1)c1cccc(C(F)(F)F)c1)c1ccccc1.O=S(=O)(O/N=C(\C(=N/OS(=O)(=O)c1ccccc1)c1ccccc1)c1ccccc1)c1ccccc1. The highest BCUT2D eigenvalue weighted by molar-refractivity contribution is 7.95. The van der Waals surface area contributed by atoms with E-state index in [4.69, 9.17) is 21.4 Å². The third kappa shape index (κ3) is 28.4. The standard InChI is InChI=1S/C26H20N2O6S2.C22H28N2O6S2.C21H15F3N2O4S.C18H15NOS/c29-35(30,23-17-9-3-10-18-23)33-27-25(21-13-5-1-6-14-21)26(22-15-7-2-8-16-22)28-34-36(31,32)24-19-11-4-12-20-24;1-3-5-17-31(25,26)29-23-21(19-13-9-7-10-14-19)22(20-15-11-8-12-16-20)24-30-32(27,28)18-6-4-2;22-21(23,24)17-11-7-10-16(14-17)19(25-20(27)15-8-3-1-4-9-15)26-30-31(28,29)18-12-5-2-6-13-18;1-14(15-8-3-2-4-9-15)19-20-21-18-13-7-11-16-10-5-6-12-17(16)18/h1-20H;7-16H,3-6,17-18H2,1-2H3;1-14H,(H,25,26,27);2-13H,1H3/b27-25-,28-26-;23-21-,24-22-;;19-14+. The first kappa shape index (κ1) is 91.0. The fourth-order valence-corrected chi connectivity index (χ4v) is 14.9. The molecule has 0 saturated heterocycles. The second-order valence-electron chi connectivity index (χ2n) is 25.1. The highest BCUT2D eigenvalue weighted by Crippen LogP contribution is 2.31. The van der Waals surface area contributed by atoms with Gasteiger partial charge in [0.2, 0.25) is 0 Å². The molecule has 0 aliphatic heterocycles. The highest BCUT2D eigenvalue weighted by atomic mass is 32.2.